The second-order valence-electron chi connectivity index (χ2n) is 2.50. The van der Waals surface area contributed by atoms with Gasteiger partial charge in [0.2, 0.25) is 0 Å². The number of hydrogen-bond acceptors (Lipinski definition) is 3. The van der Waals surface area contributed by atoms with E-state index in [1.165, 1.54) is 6.07 Å². The van der Waals surface area contributed by atoms with E-state index in [2.05, 4.69) is 26.0 Å². The number of halogens is 3. The van der Waals surface area contributed by atoms with Crippen LogP contribution in [-0.2, 0) is 0 Å². The van der Waals surface area contributed by atoms with Crippen molar-refractivity contribution >= 4 is 27.3 Å². The summed E-state index contributed by atoms with van der Waals surface area (Å²) >= 11 is 3.13. The Morgan fingerprint density at radius 3 is 2.64 bits per heavy atom. The third-order valence-corrected chi connectivity index (χ3v) is 2.02. The summed E-state index contributed by atoms with van der Waals surface area (Å²) in [5.41, 5.74) is 6.29. The van der Waals surface area contributed by atoms with Crippen LogP contribution in [-0.4, -0.2) is 13.7 Å². The van der Waals surface area contributed by atoms with E-state index in [1.807, 2.05) is 0 Å². The molecule has 0 amide bonds. The van der Waals surface area contributed by atoms with E-state index in [9.17, 15) is 8.78 Å². The first-order chi connectivity index (χ1) is 6.54. The van der Waals surface area contributed by atoms with Crippen molar-refractivity contribution in [1.29, 1.82) is 0 Å². The molecule has 0 aromatic heterocycles. The Morgan fingerprint density at radius 2 is 2.14 bits per heavy atom. The number of nitrogen functional groups attached to an aromatic ring is 1. The topological polar surface area (TPSA) is 47.3 Å². The zero-order valence-corrected chi connectivity index (χ0v) is 8.94. The smallest absolute Gasteiger partial charge is 0.387 e. The predicted octanol–water partition coefficient (Wildman–Crippen LogP) is 2.67. The van der Waals surface area contributed by atoms with Gasteiger partial charge in [0.25, 0.3) is 0 Å². The van der Waals surface area contributed by atoms with Gasteiger partial charge in [-0.3, -0.25) is 0 Å². The van der Waals surface area contributed by atoms with E-state index >= 15 is 0 Å². The van der Waals surface area contributed by atoms with Crippen LogP contribution in [0.2, 0.25) is 0 Å². The number of anilines is 2. The molecule has 0 atom stereocenters. The highest BCUT2D eigenvalue weighted by Gasteiger charge is 2.12. The molecule has 0 aliphatic carbocycles. The second kappa shape index (κ2) is 4.45. The molecule has 0 saturated carbocycles. The summed E-state index contributed by atoms with van der Waals surface area (Å²) in [4.78, 5) is 0. The maximum atomic E-state index is 12.0. The van der Waals surface area contributed by atoms with Crippen molar-refractivity contribution in [2.45, 2.75) is 6.61 Å². The average molecular weight is 267 g/mol. The molecule has 0 spiro atoms. The molecule has 6 heteroatoms. The molecule has 0 heterocycles. The lowest BCUT2D eigenvalue weighted by Crippen LogP contribution is -2.06. The first kappa shape index (κ1) is 11.0. The van der Waals surface area contributed by atoms with Gasteiger partial charge in [-0.1, -0.05) is 15.9 Å². The number of benzene rings is 1. The monoisotopic (exact) mass is 266 g/mol. The van der Waals surface area contributed by atoms with Crippen LogP contribution in [0.3, 0.4) is 0 Å². The molecule has 1 aromatic carbocycles. The quantitative estimate of drug-likeness (QED) is 0.827. The number of ether oxygens (including phenoxy) is 1. The van der Waals surface area contributed by atoms with Crippen LogP contribution in [0, 0.1) is 0 Å². The van der Waals surface area contributed by atoms with E-state index in [0.29, 0.717) is 15.8 Å². The summed E-state index contributed by atoms with van der Waals surface area (Å²) in [5.74, 6) is 0.0226. The lowest BCUT2D eigenvalue weighted by Gasteiger charge is -2.12. The molecule has 0 fully saturated rings. The summed E-state index contributed by atoms with van der Waals surface area (Å²) in [7, 11) is 1.58. The molecule has 0 radical (unpaired) electrons. The predicted molar refractivity (Wildman–Crippen MR) is 54.7 cm³/mol. The first-order valence-corrected chi connectivity index (χ1v) is 4.55. The fraction of sp³-hybridized carbons (Fsp3) is 0.250. The molecule has 0 saturated heterocycles. The normalized spacial score (nSPS) is 10.4. The fourth-order valence-electron chi connectivity index (χ4n) is 1.06. The van der Waals surface area contributed by atoms with Crippen LogP contribution in [0.25, 0.3) is 0 Å². The van der Waals surface area contributed by atoms with E-state index in [0.717, 1.165) is 0 Å². The van der Waals surface area contributed by atoms with E-state index in [4.69, 9.17) is 5.73 Å². The van der Waals surface area contributed by atoms with Gasteiger partial charge in [-0.25, -0.2) is 0 Å². The van der Waals surface area contributed by atoms with Gasteiger partial charge in [-0.2, -0.15) is 8.78 Å². The van der Waals surface area contributed by atoms with Crippen LogP contribution >= 0.6 is 15.9 Å². The minimum absolute atomic E-state index is 0.0226. The van der Waals surface area contributed by atoms with Crippen molar-refractivity contribution in [2.75, 3.05) is 18.1 Å². The van der Waals surface area contributed by atoms with Crippen LogP contribution in [0.1, 0.15) is 0 Å². The van der Waals surface area contributed by atoms with Gasteiger partial charge >= 0.3 is 6.61 Å². The summed E-state index contributed by atoms with van der Waals surface area (Å²) in [6.07, 6.45) is 0. The second-order valence-corrected chi connectivity index (χ2v) is 3.41. The van der Waals surface area contributed by atoms with Crippen molar-refractivity contribution in [3.8, 4) is 5.75 Å². The minimum Gasteiger partial charge on any atom is -0.432 e. The zero-order valence-electron chi connectivity index (χ0n) is 7.35. The SMILES string of the molecule is CNc1c(N)cc(Br)cc1OC(F)F. The highest BCUT2D eigenvalue weighted by molar-refractivity contribution is 9.10. The number of alkyl halides is 2. The Morgan fingerprint density at radius 1 is 1.50 bits per heavy atom. The van der Waals surface area contributed by atoms with Gasteiger partial charge in [0, 0.05) is 11.5 Å². The lowest BCUT2D eigenvalue weighted by atomic mass is 10.2. The minimum atomic E-state index is -2.86. The van der Waals surface area contributed by atoms with Crippen molar-refractivity contribution < 1.29 is 13.5 Å². The highest BCUT2D eigenvalue weighted by atomic mass is 79.9. The highest BCUT2D eigenvalue weighted by Crippen LogP contribution is 2.34. The standard InChI is InChI=1S/C8H9BrF2N2O/c1-13-7-5(12)2-4(9)3-6(7)14-8(10)11/h2-3,8,13H,12H2,1H3. The molecule has 1 aromatic rings. The molecule has 0 bridgehead atoms. The Kier molecular flexibility index (Phi) is 3.51. The third kappa shape index (κ3) is 2.47. The van der Waals surface area contributed by atoms with E-state index in [-0.39, 0.29) is 5.75 Å². The number of rotatable bonds is 3. The molecule has 0 unspecified atom stereocenters. The van der Waals surface area contributed by atoms with Gasteiger partial charge in [0.15, 0.2) is 5.75 Å². The van der Waals surface area contributed by atoms with Gasteiger partial charge in [0.05, 0.1) is 5.69 Å². The van der Waals surface area contributed by atoms with E-state index in [1.54, 1.807) is 13.1 Å². The molecule has 78 valence electrons. The van der Waals surface area contributed by atoms with Crippen LogP contribution < -0.4 is 15.8 Å². The largest absolute Gasteiger partial charge is 0.432 e. The maximum absolute atomic E-state index is 12.0. The molecule has 1 rings (SSSR count). The molecule has 0 aliphatic heterocycles. The van der Waals surface area contributed by atoms with Crippen molar-refractivity contribution in [1.82, 2.24) is 0 Å². The molecule has 0 aliphatic rings. The fourth-order valence-corrected chi connectivity index (χ4v) is 1.51. The summed E-state index contributed by atoms with van der Waals surface area (Å²) < 4.78 is 28.9. The van der Waals surface area contributed by atoms with Crippen molar-refractivity contribution in [3.63, 3.8) is 0 Å². The third-order valence-electron chi connectivity index (χ3n) is 1.56. The molecule has 3 nitrogen and oxygen atoms in total. The molecular formula is C8H9BrF2N2O. The number of hydrogen-bond donors (Lipinski definition) is 2. The molecule has 3 N–H and O–H groups in total. The van der Waals surface area contributed by atoms with Gasteiger partial charge in [0.1, 0.15) is 5.69 Å². The first-order valence-electron chi connectivity index (χ1n) is 3.76. The maximum Gasteiger partial charge on any atom is 0.387 e. The van der Waals surface area contributed by atoms with Crippen molar-refractivity contribution in [3.05, 3.63) is 16.6 Å². The van der Waals surface area contributed by atoms with Crippen LogP contribution in [0.15, 0.2) is 16.6 Å². The number of nitrogens with two attached hydrogens (primary N) is 1. The summed E-state index contributed by atoms with van der Waals surface area (Å²) in [5, 5.41) is 2.69. The zero-order chi connectivity index (χ0) is 10.7. The van der Waals surface area contributed by atoms with Crippen molar-refractivity contribution in [2.24, 2.45) is 0 Å². The Labute approximate surface area is 88.4 Å². The Bertz CT molecular complexity index is 333. The Hall–Kier alpha value is -1.04. The Balaban J connectivity index is 3.11. The van der Waals surface area contributed by atoms with Gasteiger partial charge < -0.3 is 15.8 Å². The molecular weight excluding hydrogens is 258 g/mol. The summed E-state index contributed by atoms with van der Waals surface area (Å²) in [6.45, 7) is -2.86. The van der Waals surface area contributed by atoms with Crippen LogP contribution in [0.4, 0.5) is 20.2 Å². The summed E-state index contributed by atoms with van der Waals surface area (Å²) in [6, 6.07) is 3.03. The molecule has 14 heavy (non-hydrogen) atoms. The van der Waals surface area contributed by atoms with Gasteiger partial charge in [-0.15, -0.1) is 0 Å². The average Bonchev–Trinajstić information content (AvgIpc) is 2.01. The van der Waals surface area contributed by atoms with Crippen LogP contribution in [0.5, 0.6) is 5.75 Å². The number of nitrogens with one attached hydrogen (secondary N) is 1. The van der Waals surface area contributed by atoms with E-state index < -0.39 is 6.61 Å². The lowest BCUT2D eigenvalue weighted by molar-refractivity contribution is -0.0493. The van der Waals surface area contributed by atoms with Gasteiger partial charge in [-0.05, 0) is 12.1 Å².